The number of nitrogens with zero attached hydrogens (tertiary/aromatic N) is 1. The highest BCUT2D eigenvalue weighted by Crippen LogP contribution is 2.41. The fourth-order valence-corrected chi connectivity index (χ4v) is 2.33. The second-order valence-electron chi connectivity index (χ2n) is 3.75. The van der Waals surface area contributed by atoms with Crippen molar-refractivity contribution in [2.24, 2.45) is 0 Å². The van der Waals surface area contributed by atoms with E-state index in [1.807, 2.05) is 0 Å². The number of carbonyl (C=O) groups excluding carboxylic acids is 1. The van der Waals surface area contributed by atoms with E-state index in [0.717, 1.165) is 4.90 Å². The molecular weight excluding hydrogens is 306 g/mol. The van der Waals surface area contributed by atoms with Crippen LogP contribution in [-0.2, 0) is 9.59 Å². The van der Waals surface area contributed by atoms with E-state index in [-0.39, 0.29) is 6.79 Å². The Morgan fingerprint density at radius 1 is 1.56 bits per heavy atom. The number of likely N-dealkylation sites (N-methyl/N-ethyl adjacent to an activating group) is 1. The zero-order chi connectivity index (χ0) is 13.3. The van der Waals surface area contributed by atoms with Gasteiger partial charge in [-0.15, -0.1) is 0 Å². The number of amides is 1. The molecule has 1 unspecified atom stereocenters. The first-order valence-corrected chi connectivity index (χ1v) is 5.83. The number of aliphatic carboxylic acids is 1. The summed E-state index contributed by atoms with van der Waals surface area (Å²) in [6.07, 6.45) is 0.470. The highest BCUT2D eigenvalue weighted by Gasteiger charge is 2.27. The molecule has 0 aliphatic carbocycles. The SMILES string of the molecule is CN(C=O)C(C(=O)O)c1cc(Br)c2c(c1)OCO2. The number of hydrogen-bond donors (Lipinski definition) is 1. The molecule has 0 bridgehead atoms. The maximum Gasteiger partial charge on any atom is 0.331 e. The number of fused-ring (bicyclic) bond motifs is 1. The van der Waals surface area contributed by atoms with Gasteiger partial charge >= 0.3 is 5.97 Å². The summed E-state index contributed by atoms with van der Waals surface area (Å²) in [6, 6.07) is 2.10. The summed E-state index contributed by atoms with van der Waals surface area (Å²) in [5, 5.41) is 9.18. The molecule has 18 heavy (non-hydrogen) atoms. The highest BCUT2D eigenvalue weighted by atomic mass is 79.9. The number of hydrogen-bond acceptors (Lipinski definition) is 4. The molecule has 1 aromatic rings. The van der Waals surface area contributed by atoms with Crippen molar-refractivity contribution >= 4 is 28.3 Å². The molecule has 1 aromatic carbocycles. The molecule has 1 amide bonds. The van der Waals surface area contributed by atoms with E-state index < -0.39 is 12.0 Å². The van der Waals surface area contributed by atoms with Crippen LogP contribution in [0.4, 0.5) is 0 Å². The second-order valence-corrected chi connectivity index (χ2v) is 4.60. The fourth-order valence-electron chi connectivity index (χ4n) is 1.76. The van der Waals surface area contributed by atoms with Crippen molar-refractivity contribution in [3.8, 4) is 11.5 Å². The van der Waals surface area contributed by atoms with Crippen LogP contribution < -0.4 is 9.47 Å². The summed E-state index contributed by atoms with van der Waals surface area (Å²) in [6.45, 7) is 0.0959. The molecule has 0 fully saturated rings. The Bertz CT molecular complexity index is 504. The van der Waals surface area contributed by atoms with Crippen molar-refractivity contribution < 1.29 is 24.2 Å². The largest absolute Gasteiger partial charge is 0.479 e. The predicted molar refractivity (Wildman–Crippen MR) is 64.5 cm³/mol. The van der Waals surface area contributed by atoms with Crippen LogP contribution in [0.15, 0.2) is 16.6 Å². The number of rotatable bonds is 4. The van der Waals surface area contributed by atoms with Crippen molar-refractivity contribution in [2.75, 3.05) is 13.8 Å². The average Bonchev–Trinajstić information content (AvgIpc) is 2.77. The third kappa shape index (κ3) is 2.13. The minimum Gasteiger partial charge on any atom is -0.479 e. The van der Waals surface area contributed by atoms with E-state index in [2.05, 4.69) is 15.9 Å². The van der Waals surface area contributed by atoms with Crippen LogP contribution in [0.3, 0.4) is 0 Å². The summed E-state index contributed by atoms with van der Waals surface area (Å²) < 4.78 is 11.0. The first-order chi connectivity index (χ1) is 8.54. The molecule has 1 atom stereocenters. The fraction of sp³-hybridized carbons (Fsp3) is 0.273. The van der Waals surface area contributed by atoms with Crippen molar-refractivity contribution in [1.29, 1.82) is 0 Å². The van der Waals surface area contributed by atoms with Crippen LogP contribution in [0.25, 0.3) is 0 Å². The smallest absolute Gasteiger partial charge is 0.331 e. The van der Waals surface area contributed by atoms with Gasteiger partial charge < -0.3 is 19.5 Å². The number of carbonyl (C=O) groups is 2. The summed E-state index contributed by atoms with van der Waals surface area (Å²) in [4.78, 5) is 23.0. The molecule has 0 saturated carbocycles. The van der Waals surface area contributed by atoms with Gasteiger partial charge in [0.25, 0.3) is 0 Å². The highest BCUT2D eigenvalue weighted by molar-refractivity contribution is 9.10. The normalized spacial score (nSPS) is 14.1. The van der Waals surface area contributed by atoms with Crippen LogP contribution in [0.2, 0.25) is 0 Å². The lowest BCUT2D eigenvalue weighted by atomic mass is 10.1. The van der Waals surface area contributed by atoms with Gasteiger partial charge in [0.15, 0.2) is 17.5 Å². The van der Waals surface area contributed by atoms with Crippen molar-refractivity contribution in [2.45, 2.75) is 6.04 Å². The van der Waals surface area contributed by atoms with Crippen LogP contribution in [0, 0.1) is 0 Å². The summed E-state index contributed by atoms with van der Waals surface area (Å²) in [5.74, 6) is -0.114. The first-order valence-electron chi connectivity index (χ1n) is 5.03. The van der Waals surface area contributed by atoms with Gasteiger partial charge in [-0.1, -0.05) is 0 Å². The molecule has 0 aromatic heterocycles. The van der Waals surface area contributed by atoms with Crippen molar-refractivity contribution in [3.05, 3.63) is 22.2 Å². The van der Waals surface area contributed by atoms with Crippen LogP contribution >= 0.6 is 15.9 Å². The minimum absolute atomic E-state index is 0.0959. The molecular formula is C11H10BrNO5. The minimum atomic E-state index is -1.12. The molecule has 0 radical (unpaired) electrons. The maximum absolute atomic E-state index is 11.2. The number of carboxylic acids is 1. The number of benzene rings is 1. The van der Waals surface area contributed by atoms with Crippen LogP contribution in [0.1, 0.15) is 11.6 Å². The maximum atomic E-state index is 11.2. The topological polar surface area (TPSA) is 76.1 Å². The lowest BCUT2D eigenvalue weighted by molar-refractivity contribution is -0.145. The second kappa shape index (κ2) is 4.85. The van der Waals surface area contributed by atoms with Crippen molar-refractivity contribution in [3.63, 3.8) is 0 Å². The molecule has 0 saturated heterocycles. The van der Waals surface area contributed by atoms with Gasteiger partial charge in [0.2, 0.25) is 13.2 Å². The summed E-state index contributed by atoms with van der Waals surface area (Å²) >= 11 is 3.28. The van der Waals surface area contributed by atoms with E-state index in [1.54, 1.807) is 12.1 Å². The molecule has 1 aliphatic rings. The Kier molecular flexibility index (Phi) is 3.42. The lowest BCUT2D eigenvalue weighted by Gasteiger charge is -2.21. The molecule has 7 heteroatoms. The number of ether oxygens (including phenoxy) is 2. The Labute approximate surface area is 111 Å². The van der Waals surface area contributed by atoms with Crippen molar-refractivity contribution in [1.82, 2.24) is 4.90 Å². The van der Waals surface area contributed by atoms with Gasteiger partial charge in [-0.2, -0.15) is 0 Å². The Hall–Kier alpha value is -1.76. The van der Waals surface area contributed by atoms with E-state index in [1.165, 1.54) is 7.05 Å². The predicted octanol–water partition coefficient (Wildman–Crippen LogP) is 1.39. The zero-order valence-electron chi connectivity index (χ0n) is 9.42. The number of halogens is 1. The van der Waals surface area contributed by atoms with Gasteiger partial charge in [0.1, 0.15) is 0 Å². The quantitative estimate of drug-likeness (QED) is 0.850. The molecule has 6 nitrogen and oxygen atoms in total. The van der Waals surface area contributed by atoms with Gasteiger partial charge in [0.05, 0.1) is 4.47 Å². The molecule has 0 spiro atoms. The molecule has 1 aliphatic heterocycles. The lowest BCUT2D eigenvalue weighted by Crippen LogP contribution is -2.29. The van der Waals surface area contributed by atoms with Crippen LogP contribution in [-0.4, -0.2) is 36.2 Å². The Morgan fingerprint density at radius 2 is 2.28 bits per heavy atom. The molecule has 1 N–H and O–H groups in total. The van der Waals surface area contributed by atoms with Gasteiger partial charge in [-0.25, -0.2) is 4.79 Å². The van der Waals surface area contributed by atoms with Crippen LogP contribution in [0.5, 0.6) is 11.5 Å². The summed E-state index contributed by atoms with van der Waals surface area (Å²) in [5.41, 5.74) is 0.438. The van der Waals surface area contributed by atoms with E-state index in [9.17, 15) is 14.7 Å². The van der Waals surface area contributed by atoms with Gasteiger partial charge in [-0.3, -0.25) is 4.79 Å². The Morgan fingerprint density at radius 3 is 2.89 bits per heavy atom. The Balaban J connectivity index is 2.46. The van der Waals surface area contributed by atoms with Gasteiger partial charge in [0, 0.05) is 7.05 Å². The molecule has 96 valence electrons. The van der Waals surface area contributed by atoms with E-state index in [0.29, 0.717) is 27.9 Å². The van der Waals surface area contributed by atoms with E-state index >= 15 is 0 Å². The third-order valence-corrected chi connectivity index (χ3v) is 3.16. The monoisotopic (exact) mass is 315 g/mol. The molecule has 2 rings (SSSR count). The third-order valence-electron chi connectivity index (χ3n) is 2.57. The zero-order valence-corrected chi connectivity index (χ0v) is 11.0. The summed E-state index contributed by atoms with van der Waals surface area (Å²) in [7, 11) is 1.41. The molecule has 1 heterocycles. The van der Waals surface area contributed by atoms with Gasteiger partial charge in [-0.05, 0) is 33.6 Å². The standard InChI is InChI=1S/C11H10BrNO5/c1-13(4-14)9(11(15)16)6-2-7(12)10-8(3-6)17-5-18-10/h2-4,9H,5H2,1H3,(H,15,16). The van der Waals surface area contributed by atoms with E-state index in [4.69, 9.17) is 9.47 Å². The first kappa shape index (κ1) is 12.7. The number of carboxylic acid groups (broad SMARTS) is 1. The average molecular weight is 316 g/mol.